The number of piperidine rings is 1. The van der Waals surface area contributed by atoms with Gasteiger partial charge in [0.05, 0.1) is 11.1 Å². The first-order chi connectivity index (χ1) is 10.2. The van der Waals surface area contributed by atoms with E-state index in [0.717, 1.165) is 23.4 Å². The molecule has 1 saturated heterocycles. The van der Waals surface area contributed by atoms with Crippen molar-refractivity contribution in [3.05, 3.63) is 17.0 Å². The molecule has 0 aromatic carbocycles. The van der Waals surface area contributed by atoms with Crippen molar-refractivity contribution in [2.24, 2.45) is 5.41 Å². The fraction of sp³-hybridized carbons (Fsp3) is 0.688. The second-order valence-electron chi connectivity index (χ2n) is 6.63. The van der Waals surface area contributed by atoms with E-state index in [0.29, 0.717) is 19.4 Å². The van der Waals surface area contributed by atoms with Gasteiger partial charge in [0.2, 0.25) is 5.91 Å². The lowest BCUT2D eigenvalue weighted by Crippen LogP contribution is -2.48. The van der Waals surface area contributed by atoms with Crippen molar-refractivity contribution in [3.8, 4) is 0 Å². The second kappa shape index (κ2) is 6.10. The summed E-state index contributed by atoms with van der Waals surface area (Å²) in [5.74, 6) is -0.0768. The van der Waals surface area contributed by atoms with Crippen LogP contribution in [0.1, 0.15) is 56.0 Å². The number of carboxylic acids is 1. The summed E-state index contributed by atoms with van der Waals surface area (Å²) in [5, 5.41) is 13.3. The fourth-order valence-corrected chi connectivity index (χ4v) is 3.31. The monoisotopic (exact) mass is 308 g/mol. The lowest BCUT2D eigenvalue weighted by atomic mass is 9.81. The number of carbonyl (C=O) groups excluding carboxylic acids is 1. The van der Waals surface area contributed by atoms with Gasteiger partial charge in [-0.2, -0.15) is 0 Å². The Morgan fingerprint density at radius 1 is 1.45 bits per heavy atom. The number of hydrogen-bond acceptors (Lipinski definition) is 4. The minimum absolute atomic E-state index is 0.000301. The van der Waals surface area contributed by atoms with Crippen LogP contribution >= 0.6 is 0 Å². The minimum atomic E-state index is -0.833. The molecule has 2 atom stereocenters. The summed E-state index contributed by atoms with van der Waals surface area (Å²) in [5.41, 5.74) is 0.957. The number of nitrogens with zero attached hydrogens (tertiary/aromatic N) is 2. The SMILES string of the molecule is Cc1noc(C)c1C(C)CC(=O)N1CCCC(C)(C(=O)O)C1. The number of likely N-dealkylation sites (tertiary alicyclic amines) is 1. The molecule has 1 aromatic rings. The number of carbonyl (C=O) groups is 2. The molecule has 1 aromatic heterocycles. The summed E-state index contributed by atoms with van der Waals surface area (Å²) in [7, 11) is 0. The van der Waals surface area contributed by atoms with Crippen LogP contribution in [0.3, 0.4) is 0 Å². The molecule has 2 unspecified atom stereocenters. The zero-order chi connectivity index (χ0) is 16.5. The average molecular weight is 308 g/mol. The Bertz CT molecular complexity index is 561. The standard InChI is InChI=1S/C16H24N2O4/c1-10(14-11(2)17-22-12(14)3)8-13(19)18-7-5-6-16(4,9-18)15(20)21/h10H,5-9H2,1-4H3,(H,20,21). The van der Waals surface area contributed by atoms with Crippen molar-refractivity contribution < 1.29 is 19.2 Å². The van der Waals surface area contributed by atoms with Crippen molar-refractivity contribution in [3.63, 3.8) is 0 Å². The molecule has 0 saturated carbocycles. The quantitative estimate of drug-likeness (QED) is 0.924. The van der Waals surface area contributed by atoms with Crippen LogP contribution in [0.25, 0.3) is 0 Å². The summed E-state index contributed by atoms with van der Waals surface area (Å²) in [4.78, 5) is 25.6. The van der Waals surface area contributed by atoms with Crippen molar-refractivity contribution >= 4 is 11.9 Å². The Morgan fingerprint density at radius 3 is 2.68 bits per heavy atom. The molecule has 1 fully saturated rings. The molecule has 1 aliphatic rings. The highest BCUT2D eigenvalue weighted by Gasteiger charge is 2.39. The largest absolute Gasteiger partial charge is 0.481 e. The molecular formula is C16H24N2O4. The molecule has 0 spiro atoms. The molecule has 122 valence electrons. The molecule has 2 heterocycles. The van der Waals surface area contributed by atoms with E-state index in [4.69, 9.17) is 4.52 Å². The Hall–Kier alpha value is -1.85. The Labute approximate surface area is 130 Å². The summed E-state index contributed by atoms with van der Waals surface area (Å²) < 4.78 is 5.16. The van der Waals surface area contributed by atoms with Gasteiger partial charge in [0.1, 0.15) is 5.76 Å². The van der Waals surface area contributed by atoms with Gasteiger partial charge in [-0.15, -0.1) is 0 Å². The van der Waals surface area contributed by atoms with Crippen LogP contribution in [0, 0.1) is 19.3 Å². The van der Waals surface area contributed by atoms with E-state index in [9.17, 15) is 14.7 Å². The highest BCUT2D eigenvalue weighted by atomic mass is 16.5. The number of amides is 1. The topological polar surface area (TPSA) is 83.6 Å². The number of rotatable bonds is 4. The van der Waals surface area contributed by atoms with Gasteiger partial charge in [-0.25, -0.2) is 0 Å². The van der Waals surface area contributed by atoms with Gasteiger partial charge in [-0.3, -0.25) is 9.59 Å². The van der Waals surface area contributed by atoms with Crippen LogP contribution in [-0.2, 0) is 9.59 Å². The van der Waals surface area contributed by atoms with Crippen molar-refractivity contribution in [1.29, 1.82) is 0 Å². The fourth-order valence-electron chi connectivity index (χ4n) is 3.31. The van der Waals surface area contributed by atoms with E-state index in [2.05, 4.69) is 5.16 Å². The van der Waals surface area contributed by atoms with Crippen LogP contribution in [0.15, 0.2) is 4.52 Å². The molecule has 0 bridgehead atoms. The molecule has 0 radical (unpaired) electrons. The van der Waals surface area contributed by atoms with Gasteiger partial charge in [0.25, 0.3) is 0 Å². The number of hydrogen-bond donors (Lipinski definition) is 1. The van der Waals surface area contributed by atoms with Crippen LogP contribution in [0.5, 0.6) is 0 Å². The molecular weight excluding hydrogens is 284 g/mol. The maximum Gasteiger partial charge on any atom is 0.311 e. The van der Waals surface area contributed by atoms with Crippen molar-refractivity contribution in [2.45, 2.75) is 52.9 Å². The van der Waals surface area contributed by atoms with E-state index in [1.807, 2.05) is 20.8 Å². The maximum absolute atomic E-state index is 12.5. The van der Waals surface area contributed by atoms with Gasteiger partial charge < -0.3 is 14.5 Å². The Balaban J connectivity index is 2.04. The van der Waals surface area contributed by atoms with Crippen molar-refractivity contribution in [2.75, 3.05) is 13.1 Å². The molecule has 1 amide bonds. The van der Waals surface area contributed by atoms with Crippen LogP contribution in [-0.4, -0.2) is 40.1 Å². The first-order valence-electron chi connectivity index (χ1n) is 7.68. The van der Waals surface area contributed by atoms with Crippen LogP contribution in [0.2, 0.25) is 0 Å². The molecule has 1 aliphatic heterocycles. The number of carboxylic acid groups (broad SMARTS) is 1. The number of aryl methyl sites for hydroxylation is 2. The minimum Gasteiger partial charge on any atom is -0.481 e. The summed E-state index contributed by atoms with van der Waals surface area (Å²) in [6.45, 7) is 8.33. The zero-order valence-corrected chi connectivity index (χ0v) is 13.7. The van der Waals surface area contributed by atoms with Gasteiger partial charge in [-0.05, 0) is 39.5 Å². The van der Waals surface area contributed by atoms with E-state index in [1.54, 1.807) is 11.8 Å². The molecule has 1 N–H and O–H groups in total. The first-order valence-corrected chi connectivity index (χ1v) is 7.68. The molecule has 6 heteroatoms. The van der Waals surface area contributed by atoms with E-state index in [1.165, 1.54) is 0 Å². The lowest BCUT2D eigenvalue weighted by Gasteiger charge is -2.38. The van der Waals surface area contributed by atoms with E-state index >= 15 is 0 Å². The Kier molecular flexibility index (Phi) is 4.58. The first kappa shape index (κ1) is 16.5. The summed E-state index contributed by atoms with van der Waals surface area (Å²) in [6.07, 6.45) is 1.69. The summed E-state index contributed by atoms with van der Waals surface area (Å²) in [6, 6.07) is 0. The van der Waals surface area contributed by atoms with Gasteiger partial charge in [0.15, 0.2) is 0 Å². The molecule has 2 rings (SSSR count). The third-order valence-corrected chi connectivity index (χ3v) is 4.63. The lowest BCUT2D eigenvalue weighted by molar-refractivity contribution is -0.153. The van der Waals surface area contributed by atoms with Crippen LogP contribution in [0.4, 0.5) is 0 Å². The van der Waals surface area contributed by atoms with Gasteiger partial charge in [0, 0.05) is 25.1 Å². The molecule has 22 heavy (non-hydrogen) atoms. The summed E-state index contributed by atoms with van der Waals surface area (Å²) >= 11 is 0. The number of aliphatic carboxylic acids is 1. The highest BCUT2D eigenvalue weighted by Crippen LogP contribution is 2.32. The van der Waals surface area contributed by atoms with Gasteiger partial charge in [-0.1, -0.05) is 12.1 Å². The van der Waals surface area contributed by atoms with E-state index < -0.39 is 11.4 Å². The van der Waals surface area contributed by atoms with Crippen LogP contribution < -0.4 is 0 Å². The van der Waals surface area contributed by atoms with E-state index in [-0.39, 0.29) is 18.4 Å². The predicted octanol–water partition coefficient (Wildman–Crippen LogP) is 2.50. The van der Waals surface area contributed by atoms with Gasteiger partial charge >= 0.3 is 5.97 Å². The normalized spacial score (nSPS) is 23.4. The molecule has 0 aliphatic carbocycles. The number of aromatic nitrogens is 1. The predicted molar refractivity (Wildman–Crippen MR) is 80.6 cm³/mol. The third kappa shape index (κ3) is 3.15. The third-order valence-electron chi connectivity index (χ3n) is 4.63. The zero-order valence-electron chi connectivity index (χ0n) is 13.7. The second-order valence-corrected chi connectivity index (χ2v) is 6.63. The Morgan fingerprint density at radius 2 is 2.14 bits per heavy atom. The average Bonchev–Trinajstić information content (AvgIpc) is 2.78. The maximum atomic E-state index is 12.5. The highest BCUT2D eigenvalue weighted by molar-refractivity contribution is 5.80. The molecule has 6 nitrogen and oxygen atoms in total. The van der Waals surface area contributed by atoms with Crippen molar-refractivity contribution in [1.82, 2.24) is 10.1 Å². The smallest absolute Gasteiger partial charge is 0.311 e.